The highest BCUT2D eigenvalue weighted by molar-refractivity contribution is 9.10. The second-order valence-corrected chi connectivity index (χ2v) is 4.70. The number of hydrogen-bond donors (Lipinski definition) is 1. The van der Waals surface area contributed by atoms with Gasteiger partial charge in [-0.2, -0.15) is 5.10 Å². The molecule has 16 heavy (non-hydrogen) atoms. The van der Waals surface area contributed by atoms with E-state index >= 15 is 0 Å². The number of aromatic nitrogens is 2. The molecule has 0 fully saturated rings. The molecule has 0 aliphatic heterocycles. The smallest absolute Gasteiger partial charge is 0.125 e. The van der Waals surface area contributed by atoms with Gasteiger partial charge in [-0.05, 0) is 25.5 Å². The number of nitrogens with two attached hydrogens (primary N) is 1. The number of anilines is 1. The molecule has 84 valence electrons. The Labute approximate surface area is 103 Å². The van der Waals surface area contributed by atoms with E-state index in [4.69, 9.17) is 5.73 Å². The molecule has 0 atom stereocenters. The van der Waals surface area contributed by atoms with Crippen LogP contribution in [0.4, 0.5) is 5.82 Å². The van der Waals surface area contributed by atoms with Crippen LogP contribution < -0.4 is 5.73 Å². The molecule has 4 heteroatoms. The molecule has 0 amide bonds. The first kappa shape index (κ1) is 11.2. The van der Waals surface area contributed by atoms with Gasteiger partial charge in [0.1, 0.15) is 5.82 Å². The lowest BCUT2D eigenvalue weighted by molar-refractivity contribution is 0.687. The Bertz CT molecular complexity index is 517. The quantitative estimate of drug-likeness (QED) is 0.919. The van der Waals surface area contributed by atoms with E-state index in [0.717, 1.165) is 21.5 Å². The predicted octanol–water partition coefficient (Wildman–Crippen LogP) is 2.89. The van der Waals surface area contributed by atoms with Crippen LogP contribution in [0, 0.1) is 13.8 Å². The van der Waals surface area contributed by atoms with Crippen molar-refractivity contribution in [2.45, 2.75) is 20.4 Å². The predicted molar refractivity (Wildman–Crippen MR) is 69.4 cm³/mol. The highest BCUT2D eigenvalue weighted by atomic mass is 79.9. The zero-order valence-electron chi connectivity index (χ0n) is 9.37. The maximum atomic E-state index is 5.99. The summed E-state index contributed by atoms with van der Waals surface area (Å²) in [4.78, 5) is 0. The molecule has 1 heterocycles. The van der Waals surface area contributed by atoms with E-state index < -0.39 is 0 Å². The first-order valence-corrected chi connectivity index (χ1v) is 5.92. The summed E-state index contributed by atoms with van der Waals surface area (Å²) in [5.74, 6) is 0.744. The average Bonchev–Trinajstić information content (AvgIpc) is 2.50. The molecule has 0 bridgehead atoms. The van der Waals surface area contributed by atoms with Crippen molar-refractivity contribution in [1.29, 1.82) is 0 Å². The van der Waals surface area contributed by atoms with E-state index in [1.165, 1.54) is 5.56 Å². The highest BCUT2D eigenvalue weighted by Crippen LogP contribution is 2.20. The molecule has 0 radical (unpaired) electrons. The van der Waals surface area contributed by atoms with Gasteiger partial charge in [0, 0.05) is 10.0 Å². The fourth-order valence-corrected chi connectivity index (χ4v) is 2.01. The van der Waals surface area contributed by atoms with Crippen LogP contribution in [0.5, 0.6) is 0 Å². The van der Waals surface area contributed by atoms with Gasteiger partial charge < -0.3 is 5.73 Å². The summed E-state index contributed by atoms with van der Waals surface area (Å²) >= 11 is 3.52. The maximum absolute atomic E-state index is 5.99. The fourth-order valence-electron chi connectivity index (χ4n) is 1.60. The summed E-state index contributed by atoms with van der Waals surface area (Å²) in [5.41, 5.74) is 9.22. The fraction of sp³-hybridized carbons (Fsp3) is 0.250. The second kappa shape index (κ2) is 4.29. The number of halogens is 1. The van der Waals surface area contributed by atoms with Gasteiger partial charge in [-0.25, -0.2) is 4.68 Å². The summed E-state index contributed by atoms with van der Waals surface area (Å²) in [5, 5.41) is 4.42. The molecular weight excluding hydrogens is 266 g/mol. The van der Waals surface area contributed by atoms with Crippen LogP contribution in [-0.2, 0) is 6.54 Å². The summed E-state index contributed by atoms with van der Waals surface area (Å²) < 4.78 is 2.92. The van der Waals surface area contributed by atoms with E-state index in [1.54, 1.807) is 0 Å². The summed E-state index contributed by atoms with van der Waals surface area (Å²) in [6.07, 6.45) is 0. The third-order valence-electron chi connectivity index (χ3n) is 2.75. The second-order valence-electron chi connectivity index (χ2n) is 3.84. The Balaban J connectivity index is 2.34. The van der Waals surface area contributed by atoms with Crippen molar-refractivity contribution in [3.8, 4) is 0 Å². The normalized spacial score (nSPS) is 10.7. The Morgan fingerprint density at radius 3 is 2.56 bits per heavy atom. The van der Waals surface area contributed by atoms with Crippen molar-refractivity contribution < 1.29 is 0 Å². The van der Waals surface area contributed by atoms with E-state index in [2.05, 4.69) is 27.1 Å². The van der Waals surface area contributed by atoms with E-state index in [0.29, 0.717) is 6.54 Å². The Morgan fingerprint density at radius 1 is 1.31 bits per heavy atom. The third kappa shape index (κ3) is 1.97. The number of nitrogen functional groups attached to an aromatic ring is 1. The topological polar surface area (TPSA) is 43.8 Å². The number of rotatable bonds is 2. The van der Waals surface area contributed by atoms with Gasteiger partial charge in [-0.1, -0.05) is 34.1 Å². The molecule has 0 saturated carbocycles. The third-order valence-corrected chi connectivity index (χ3v) is 3.53. The number of aryl methyl sites for hydroxylation is 1. The SMILES string of the molecule is Cc1nn(Cc2ccccc2Br)c(N)c1C. The number of nitrogens with zero attached hydrogens (tertiary/aromatic N) is 2. The minimum absolute atomic E-state index is 0.696. The van der Waals surface area contributed by atoms with E-state index in [1.807, 2.05) is 36.7 Å². The van der Waals surface area contributed by atoms with Crippen LogP contribution >= 0.6 is 15.9 Å². The summed E-state index contributed by atoms with van der Waals surface area (Å²) in [6.45, 7) is 4.67. The molecular formula is C12H14BrN3. The van der Waals surface area contributed by atoms with Crippen LogP contribution in [-0.4, -0.2) is 9.78 Å². The van der Waals surface area contributed by atoms with Crippen LogP contribution in [0.3, 0.4) is 0 Å². The molecule has 2 N–H and O–H groups in total. The molecule has 1 aromatic heterocycles. The summed E-state index contributed by atoms with van der Waals surface area (Å²) in [6, 6.07) is 8.10. The first-order valence-electron chi connectivity index (χ1n) is 5.12. The number of benzene rings is 1. The van der Waals surface area contributed by atoms with Gasteiger partial charge in [0.2, 0.25) is 0 Å². The highest BCUT2D eigenvalue weighted by Gasteiger charge is 2.09. The van der Waals surface area contributed by atoms with Crippen LogP contribution in [0.1, 0.15) is 16.8 Å². The van der Waals surface area contributed by atoms with Gasteiger partial charge in [-0.3, -0.25) is 0 Å². The summed E-state index contributed by atoms with van der Waals surface area (Å²) in [7, 11) is 0. The molecule has 0 aliphatic carbocycles. The Hall–Kier alpha value is -1.29. The van der Waals surface area contributed by atoms with Gasteiger partial charge in [0.05, 0.1) is 12.2 Å². The lowest BCUT2D eigenvalue weighted by Gasteiger charge is -2.06. The molecule has 3 nitrogen and oxygen atoms in total. The van der Waals surface area contributed by atoms with Crippen molar-refractivity contribution >= 4 is 21.7 Å². The zero-order valence-corrected chi connectivity index (χ0v) is 11.0. The van der Waals surface area contributed by atoms with Gasteiger partial charge in [-0.15, -0.1) is 0 Å². The largest absolute Gasteiger partial charge is 0.384 e. The lowest BCUT2D eigenvalue weighted by Crippen LogP contribution is -2.06. The molecule has 2 rings (SSSR count). The van der Waals surface area contributed by atoms with Gasteiger partial charge >= 0.3 is 0 Å². The van der Waals surface area contributed by atoms with E-state index in [9.17, 15) is 0 Å². The molecule has 2 aromatic rings. The Kier molecular flexibility index (Phi) is 3.01. The van der Waals surface area contributed by atoms with Gasteiger partial charge in [0.25, 0.3) is 0 Å². The maximum Gasteiger partial charge on any atom is 0.125 e. The monoisotopic (exact) mass is 279 g/mol. The van der Waals surface area contributed by atoms with Crippen LogP contribution in [0.2, 0.25) is 0 Å². The molecule has 0 unspecified atom stereocenters. The molecule has 1 aromatic carbocycles. The minimum atomic E-state index is 0.696. The van der Waals surface area contributed by atoms with Crippen molar-refractivity contribution in [1.82, 2.24) is 9.78 Å². The van der Waals surface area contributed by atoms with Crippen molar-refractivity contribution in [3.05, 3.63) is 45.6 Å². The average molecular weight is 280 g/mol. The van der Waals surface area contributed by atoms with Crippen molar-refractivity contribution in [2.24, 2.45) is 0 Å². The van der Waals surface area contributed by atoms with Crippen LogP contribution in [0.15, 0.2) is 28.7 Å². The number of hydrogen-bond acceptors (Lipinski definition) is 2. The Morgan fingerprint density at radius 2 is 2.00 bits per heavy atom. The van der Waals surface area contributed by atoms with Crippen molar-refractivity contribution in [2.75, 3.05) is 5.73 Å². The van der Waals surface area contributed by atoms with E-state index in [-0.39, 0.29) is 0 Å². The van der Waals surface area contributed by atoms with Gasteiger partial charge in [0.15, 0.2) is 0 Å². The molecule has 0 saturated heterocycles. The first-order chi connectivity index (χ1) is 7.59. The van der Waals surface area contributed by atoms with Crippen molar-refractivity contribution in [3.63, 3.8) is 0 Å². The standard InChI is InChI=1S/C12H14BrN3/c1-8-9(2)15-16(12(8)14)7-10-5-3-4-6-11(10)13/h3-6H,7,14H2,1-2H3. The van der Waals surface area contributed by atoms with Crippen LogP contribution in [0.25, 0.3) is 0 Å². The molecule has 0 aliphatic rings. The molecule has 0 spiro atoms. The zero-order chi connectivity index (χ0) is 11.7. The lowest BCUT2D eigenvalue weighted by atomic mass is 10.2. The minimum Gasteiger partial charge on any atom is -0.384 e.